The van der Waals surface area contributed by atoms with Crippen LogP contribution < -0.4 is 0 Å². The molecule has 5 heteroatoms. The molecule has 3 aliphatic rings. The maximum absolute atomic E-state index is 12.8. The first-order valence-corrected chi connectivity index (χ1v) is 9.25. The van der Waals surface area contributed by atoms with Crippen molar-refractivity contribution in [3.05, 3.63) is 17.5 Å². The van der Waals surface area contributed by atoms with Gasteiger partial charge >= 0.3 is 0 Å². The highest BCUT2D eigenvalue weighted by molar-refractivity contribution is 5.92. The quantitative estimate of drug-likeness (QED) is 0.933. The molecule has 1 aromatic heterocycles. The number of rotatable bonds is 3. The lowest BCUT2D eigenvalue weighted by atomic mass is 10.0. The molecule has 1 aliphatic carbocycles. The summed E-state index contributed by atoms with van der Waals surface area (Å²) in [7, 11) is 0. The van der Waals surface area contributed by atoms with E-state index in [4.69, 9.17) is 0 Å². The second-order valence-electron chi connectivity index (χ2n) is 7.75. The summed E-state index contributed by atoms with van der Waals surface area (Å²) < 4.78 is 0. The minimum Gasteiger partial charge on any atom is -0.336 e. The van der Waals surface area contributed by atoms with Gasteiger partial charge in [-0.2, -0.15) is 5.10 Å². The van der Waals surface area contributed by atoms with Crippen LogP contribution in [0.3, 0.4) is 0 Å². The van der Waals surface area contributed by atoms with Gasteiger partial charge in [0.25, 0.3) is 5.91 Å². The second kappa shape index (κ2) is 5.93. The third-order valence-electron chi connectivity index (χ3n) is 5.96. The van der Waals surface area contributed by atoms with Gasteiger partial charge in [0.2, 0.25) is 0 Å². The van der Waals surface area contributed by atoms with Crippen LogP contribution in [0.5, 0.6) is 0 Å². The summed E-state index contributed by atoms with van der Waals surface area (Å²) in [5.74, 6) is 0.724. The van der Waals surface area contributed by atoms with Gasteiger partial charge < -0.3 is 4.90 Å². The van der Waals surface area contributed by atoms with Gasteiger partial charge in [-0.1, -0.05) is 0 Å². The maximum atomic E-state index is 12.8. The molecule has 0 aromatic carbocycles. The summed E-state index contributed by atoms with van der Waals surface area (Å²) in [4.78, 5) is 17.5. The Morgan fingerprint density at radius 3 is 2.61 bits per heavy atom. The Balaban J connectivity index is 1.44. The van der Waals surface area contributed by atoms with Gasteiger partial charge in [-0.15, -0.1) is 0 Å². The Bertz CT molecular complexity index is 569. The maximum Gasteiger partial charge on any atom is 0.274 e. The van der Waals surface area contributed by atoms with E-state index in [2.05, 4.69) is 28.9 Å². The number of carbonyl (C=O) groups excluding carboxylic acids is 1. The summed E-state index contributed by atoms with van der Waals surface area (Å²) in [6, 6.07) is 3.79. The Morgan fingerprint density at radius 1 is 1.17 bits per heavy atom. The predicted octanol–water partition coefficient (Wildman–Crippen LogP) is 2.76. The molecule has 126 valence electrons. The van der Waals surface area contributed by atoms with E-state index in [9.17, 15) is 4.79 Å². The minimum absolute atomic E-state index is 0.109. The zero-order chi connectivity index (χ0) is 16.0. The summed E-state index contributed by atoms with van der Waals surface area (Å²) in [6.07, 6.45) is 7.35. The van der Waals surface area contributed by atoms with Crippen molar-refractivity contribution in [1.29, 1.82) is 0 Å². The first kappa shape index (κ1) is 15.2. The van der Waals surface area contributed by atoms with Crippen molar-refractivity contribution in [1.82, 2.24) is 20.0 Å². The van der Waals surface area contributed by atoms with E-state index in [0.717, 1.165) is 25.2 Å². The molecule has 1 N–H and O–H groups in total. The highest BCUT2D eigenvalue weighted by atomic mass is 16.2. The number of aromatic amines is 1. The lowest BCUT2D eigenvalue weighted by Gasteiger charge is -2.41. The summed E-state index contributed by atoms with van der Waals surface area (Å²) >= 11 is 0. The van der Waals surface area contributed by atoms with Crippen LogP contribution >= 0.6 is 0 Å². The number of nitrogens with one attached hydrogen (secondary N) is 1. The molecule has 3 atom stereocenters. The smallest absolute Gasteiger partial charge is 0.274 e. The Morgan fingerprint density at radius 2 is 1.91 bits per heavy atom. The van der Waals surface area contributed by atoms with E-state index >= 15 is 0 Å². The standard InChI is InChI=1S/C18H28N4O/c1-12-5-6-13(2)22(12)15-4-3-9-21(11-15)18(23)17-10-16(19-20-17)14-7-8-14/h10,12-15H,3-9,11H2,1-2H3,(H,19,20)/t12-,13+,15-/m1/s1. The third-order valence-corrected chi connectivity index (χ3v) is 5.96. The molecule has 1 saturated carbocycles. The van der Waals surface area contributed by atoms with Crippen LogP contribution in [0.2, 0.25) is 0 Å². The molecular formula is C18H28N4O. The summed E-state index contributed by atoms with van der Waals surface area (Å²) in [6.45, 7) is 6.40. The van der Waals surface area contributed by atoms with E-state index in [-0.39, 0.29) is 5.91 Å². The van der Waals surface area contributed by atoms with E-state index in [1.54, 1.807) is 0 Å². The first-order valence-electron chi connectivity index (χ1n) is 9.25. The lowest BCUT2D eigenvalue weighted by Crippen LogP contribution is -2.52. The molecule has 3 fully saturated rings. The average Bonchev–Trinajstić information content (AvgIpc) is 3.20. The molecule has 5 nitrogen and oxygen atoms in total. The van der Waals surface area contributed by atoms with Crippen LogP contribution in [-0.2, 0) is 0 Å². The van der Waals surface area contributed by atoms with Crippen molar-refractivity contribution in [3.8, 4) is 0 Å². The number of nitrogens with zero attached hydrogens (tertiary/aromatic N) is 3. The topological polar surface area (TPSA) is 52.2 Å². The van der Waals surface area contributed by atoms with Gasteiger partial charge in [0.05, 0.1) is 0 Å². The normalized spacial score (nSPS) is 32.4. The SMILES string of the molecule is C[C@@H]1CC[C@H](C)N1[C@@H]1CCCN(C(=O)c2cc(C3CC3)[nH]n2)C1. The van der Waals surface area contributed by atoms with Crippen LogP contribution in [0.15, 0.2) is 6.07 Å². The molecule has 4 rings (SSSR count). The Hall–Kier alpha value is -1.36. The Kier molecular flexibility index (Phi) is 3.92. The van der Waals surface area contributed by atoms with Gasteiger partial charge in [-0.25, -0.2) is 0 Å². The number of piperidine rings is 1. The number of amides is 1. The Labute approximate surface area is 138 Å². The summed E-state index contributed by atoms with van der Waals surface area (Å²) in [5, 5.41) is 7.34. The molecule has 0 unspecified atom stereocenters. The van der Waals surface area contributed by atoms with Gasteiger partial charge in [0.1, 0.15) is 5.69 Å². The number of aromatic nitrogens is 2. The number of likely N-dealkylation sites (tertiary alicyclic amines) is 2. The highest BCUT2D eigenvalue weighted by Crippen LogP contribution is 2.39. The zero-order valence-electron chi connectivity index (χ0n) is 14.3. The zero-order valence-corrected chi connectivity index (χ0v) is 14.3. The van der Waals surface area contributed by atoms with E-state index in [1.165, 1.54) is 32.1 Å². The largest absolute Gasteiger partial charge is 0.336 e. The molecule has 0 bridgehead atoms. The van der Waals surface area contributed by atoms with Crippen molar-refractivity contribution < 1.29 is 4.79 Å². The molecule has 2 saturated heterocycles. The second-order valence-corrected chi connectivity index (χ2v) is 7.75. The number of H-pyrrole nitrogens is 1. The molecule has 1 aromatic rings. The lowest BCUT2D eigenvalue weighted by molar-refractivity contribution is 0.0482. The van der Waals surface area contributed by atoms with Crippen molar-refractivity contribution >= 4 is 5.91 Å². The molecule has 3 heterocycles. The number of hydrogen-bond donors (Lipinski definition) is 1. The van der Waals surface area contributed by atoms with Crippen LogP contribution in [0, 0.1) is 0 Å². The minimum atomic E-state index is 0.109. The van der Waals surface area contributed by atoms with Crippen molar-refractivity contribution in [2.75, 3.05) is 13.1 Å². The fourth-order valence-corrected chi connectivity index (χ4v) is 4.53. The first-order chi connectivity index (χ1) is 11.1. The van der Waals surface area contributed by atoms with Crippen molar-refractivity contribution in [2.45, 2.75) is 76.4 Å². The molecular weight excluding hydrogens is 288 g/mol. The van der Waals surface area contributed by atoms with Crippen LogP contribution in [0.25, 0.3) is 0 Å². The van der Waals surface area contributed by atoms with E-state index in [1.807, 2.05) is 11.0 Å². The summed E-state index contributed by atoms with van der Waals surface area (Å²) in [5.41, 5.74) is 1.75. The number of carbonyl (C=O) groups is 1. The molecule has 2 aliphatic heterocycles. The third kappa shape index (κ3) is 2.91. The van der Waals surface area contributed by atoms with Gasteiger partial charge in [0.15, 0.2) is 0 Å². The molecule has 0 spiro atoms. The van der Waals surface area contributed by atoms with Gasteiger partial charge in [-0.05, 0) is 58.4 Å². The van der Waals surface area contributed by atoms with Crippen molar-refractivity contribution in [3.63, 3.8) is 0 Å². The van der Waals surface area contributed by atoms with Gasteiger partial charge in [-0.3, -0.25) is 14.8 Å². The van der Waals surface area contributed by atoms with Crippen LogP contribution in [0.1, 0.15) is 74.5 Å². The predicted molar refractivity (Wildman–Crippen MR) is 89.5 cm³/mol. The monoisotopic (exact) mass is 316 g/mol. The molecule has 1 amide bonds. The van der Waals surface area contributed by atoms with Crippen molar-refractivity contribution in [2.24, 2.45) is 0 Å². The fraction of sp³-hybridized carbons (Fsp3) is 0.778. The highest BCUT2D eigenvalue weighted by Gasteiger charge is 2.37. The number of hydrogen-bond acceptors (Lipinski definition) is 3. The van der Waals surface area contributed by atoms with E-state index < -0.39 is 0 Å². The van der Waals surface area contributed by atoms with Crippen LogP contribution in [0.4, 0.5) is 0 Å². The molecule has 0 radical (unpaired) electrons. The van der Waals surface area contributed by atoms with E-state index in [0.29, 0.717) is 29.7 Å². The fourth-order valence-electron chi connectivity index (χ4n) is 4.53. The van der Waals surface area contributed by atoms with Crippen LogP contribution in [-0.4, -0.2) is 57.1 Å². The van der Waals surface area contributed by atoms with Gasteiger partial charge in [0, 0.05) is 42.8 Å². The molecule has 23 heavy (non-hydrogen) atoms. The average molecular weight is 316 g/mol.